The third-order valence-electron chi connectivity index (χ3n) is 4.94. The molecule has 0 aromatic carbocycles. The van der Waals surface area contributed by atoms with Crippen molar-refractivity contribution in [3.05, 3.63) is 61.1 Å². The maximum absolute atomic E-state index is 4.80. The summed E-state index contributed by atoms with van der Waals surface area (Å²) in [6, 6.07) is 7.93. The summed E-state index contributed by atoms with van der Waals surface area (Å²) < 4.78 is 1.92. The van der Waals surface area contributed by atoms with Crippen molar-refractivity contribution < 1.29 is 0 Å². The molecule has 6 aromatic heterocycles. The highest BCUT2D eigenvalue weighted by molar-refractivity contribution is 5.96. The Morgan fingerprint density at radius 2 is 2.03 bits per heavy atom. The van der Waals surface area contributed by atoms with Crippen LogP contribution in [0, 0.1) is 6.92 Å². The summed E-state index contributed by atoms with van der Waals surface area (Å²) in [6.07, 6.45) is 9.08. The van der Waals surface area contributed by atoms with Crippen LogP contribution in [0.25, 0.3) is 50.4 Å². The molecule has 0 amide bonds. The molecule has 0 aliphatic carbocycles. The number of hydrogen-bond acceptors (Lipinski definition) is 5. The molecule has 9 nitrogen and oxygen atoms in total. The average Bonchev–Trinajstić information content (AvgIpc) is 3.51. The van der Waals surface area contributed by atoms with E-state index < -0.39 is 0 Å². The molecule has 140 valence electrons. The predicted molar refractivity (Wildman–Crippen MR) is 108 cm³/mol. The highest BCUT2D eigenvalue weighted by atomic mass is 15.1. The van der Waals surface area contributed by atoms with Crippen molar-refractivity contribution in [3.63, 3.8) is 0 Å². The fourth-order valence-corrected chi connectivity index (χ4v) is 3.55. The van der Waals surface area contributed by atoms with Gasteiger partial charge in [-0.05, 0) is 31.2 Å². The van der Waals surface area contributed by atoms with Crippen LogP contribution in [-0.2, 0) is 0 Å². The van der Waals surface area contributed by atoms with Gasteiger partial charge in [-0.2, -0.15) is 10.2 Å². The van der Waals surface area contributed by atoms with Gasteiger partial charge in [-0.3, -0.25) is 14.8 Å². The van der Waals surface area contributed by atoms with Gasteiger partial charge in [0.1, 0.15) is 23.4 Å². The van der Waals surface area contributed by atoms with Crippen LogP contribution in [0.2, 0.25) is 0 Å². The summed E-state index contributed by atoms with van der Waals surface area (Å²) in [5.74, 6) is 0.817. The number of aromatic amines is 3. The molecule has 0 fully saturated rings. The molecule has 0 radical (unpaired) electrons. The van der Waals surface area contributed by atoms with Crippen molar-refractivity contribution in [3.8, 4) is 28.5 Å². The first kappa shape index (κ1) is 15.8. The van der Waals surface area contributed by atoms with Gasteiger partial charge in [0.25, 0.3) is 0 Å². The monoisotopic (exact) mass is 381 g/mol. The SMILES string of the molecule is Cc1cn(-c2nccc3[nH]c(-c4n[nH]c5ccc(-c6cn[nH]c6)nc45)cc23)cn1. The Morgan fingerprint density at radius 3 is 2.86 bits per heavy atom. The van der Waals surface area contributed by atoms with E-state index in [2.05, 4.69) is 41.4 Å². The van der Waals surface area contributed by atoms with Crippen molar-refractivity contribution in [2.75, 3.05) is 0 Å². The highest BCUT2D eigenvalue weighted by Gasteiger charge is 2.16. The Hall–Kier alpha value is -4.27. The van der Waals surface area contributed by atoms with E-state index in [1.807, 2.05) is 42.1 Å². The molecule has 6 aromatic rings. The lowest BCUT2D eigenvalue weighted by molar-refractivity contribution is 1.01. The van der Waals surface area contributed by atoms with E-state index in [9.17, 15) is 0 Å². The number of H-pyrrole nitrogens is 3. The van der Waals surface area contributed by atoms with Crippen LogP contribution in [-0.4, -0.2) is 44.9 Å². The number of nitrogens with zero attached hydrogens (tertiary/aromatic N) is 6. The molecule has 6 rings (SSSR count). The van der Waals surface area contributed by atoms with E-state index in [0.717, 1.165) is 56.1 Å². The van der Waals surface area contributed by atoms with Crippen molar-refractivity contribution in [1.82, 2.24) is 44.9 Å². The summed E-state index contributed by atoms with van der Waals surface area (Å²) in [7, 11) is 0. The van der Waals surface area contributed by atoms with Crippen LogP contribution < -0.4 is 0 Å². The van der Waals surface area contributed by atoms with Gasteiger partial charge in [0.15, 0.2) is 0 Å². The highest BCUT2D eigenvalue weighted by Crippen LogP contribution is 2.31. The van der Waals surface area contributed by atoms with Gasteiger partial charge in [-0.25, -0.2) is 15.0 Å². The molecular weight excluding hydrogens is 366 g/mol. The maximum Gasteiger partial charge on any atom is 0.147 e. The van der Waals surface area contributed by atoms with Crippen LogP contribution in [0.1, 0.15) is 5.69 Å². The van der Waals surface area contributed by atoms with Gasteiger partial charge in [-0.15, -0.1) is 0 Å². The summed E-state index contributed by atoms with van der Waals surface area (Å²) in [6.45, 7) is 1.96. The van der Waals surface area contributed by atoms with Gasteiger partial charge in [0, 0.05) is 29.5 Å². The van der Waals surface area contributed by atoms with Crippen LogP contribution in [0.4, 0.5) is 0 Å². The Morgan fingerprint density at radius 1 is 1.07 bits per heavy atom. The zero-order chi connectivity index (χ0) is 19.4. The first-order valence-corrected chi connectivity index (χ1v) is 9.09. The van der Waals surface area contributed by atoms with E-state index in [4.69, 9.17) is 4.98 Å². The molecule has 6 heterocycles. The van der Waals surface area contributed by atoms with Gasteiger partial charge < -0.3 is 4.98 Å². The third kappa shape index (κ3) is 2.44. The average molecular weight is 381 g/mol. The van der Waals surface area contributed by atoms with Crippen LogP contribution in [0.3, 0.4) is 0 Å². The molecule has 0 atom stereocenters. The number of hydrogen-bond donors (Lipinski definition) is 3. The van der Waals surface area contributed by atoms with Gasteiger partial charge in [0.05, 0.1) is 34.3 Å². The summed E-state index contributed by atoms with van der Waals surface area (Å²) in [5.41, 5.74) is 6.97. The van der Waals surface area contributed by atoms with Crippen molar-refractivity contribution in [2.24, 2.45) is 0 Å². The quantitative estimate of drug-likeness (QED) is 0.434. The largest absolute Gasteiger partial charge is 0.353 e. The van der Waals surface area contributed by atoms with E-state index in [-0.39, 0.29) is 0 Å². The molecule has 0 aliphatic heterocycles. The number of aryl methyl sites for hydroxylation is 1. The van der Waals surface area contributed by atoms with Crippen LogP contribution >= 0.6 is 0 Å². The Kier molecular flexibility index (Phi) is 3.19. The van der Waals surface area contributed by atoms with Gasteiger partial charge >= 0.3 is 0 Å². The fraction of sp³-hybridized carbons (Fsp3) is 0.0500. The van der Waals surface area contributed by atoms with Crippen molar-refractivity contribution in [1.29, 1.82) is 0 Å². The lowest BCUT2D eigenvalue weighted by atomic mass is 10.2. The molecule has 0 saturated carbocycles. The maximum atomic E-state index is 4.80. The minimum absolute atomic E-state index is 0.759. The summed E-state index contributed by atoms with van der Waals surface area (Å²) in [4.78, 5) is 17.1. The lowest BCUT2D eigenvalue weighted by Crippen LogP contribution is -1.94. The number of fused-ring (bicyclic) bond motifs is 2. The second-order valence-electron chi connectivity index (χ2n) is 6.85. The molecular formula is C20H15N9. The Balaban J connectivity index is 1.53. The predicted octanol–water partition coefficient (Wildman–Crippen LogP) is 3.39. The van der Waals surface area contributed by atoms with E-state index in [0.29, 0.717) is 0 Å². The molecule has 0 saturated heterocycles. The van der Waals surface area contributed by atoms with Gasteiger partial charge in [0.2, 0.25) is 0 Å². The molecule has 9 heteroatoms. The van der Waals surface area contributed by atoms with Crippen LogP contribution in [0.5, 0.6) is 0 Å². The van der Waals surface area contributed by atoms with E-state index >= 15 is 0 Å². The fourth-order valence-electron chi connectivity index (χ4n) is 3.55. The van der Waals surface area contributed by atoms with Crippen LogP contribution in [0.15, 0.2) is 55.4 Å². The number of rotatable bonds is 3. The zero-order valence-electron chi connectivity index (χ0n) is 15.4. The molecule has 0 bridgehead atoms. The Labute approximate surface area is 163 Å². The van der Waals surface area contributed by atoms with E-state index in [1.165, 1.54) is 0 Å². The summed E-state index contributed by atoms with van der Waals surface area (Å²) in [5, 5.41) is 15.4. The number of imidazole rings is 1. The van der Waals surface area contributed by atoms with E-state index in [1.54, 1.807) is 18.7 Å². The second kappa shape index (κ2) is 5.86. The van der Waals surface area contributed by atoms with Crippen molar-refractivity contribution in [2.45, 2.75) is 6.92 Å². The topological polar surface area (TPSA) is 117 Å². The lowest BCUT2D eigenvalue weighted by Gasteiger charge is -2.01. The number of pyridine rings is 2. The van der Waals surface area contributed by atoms with Gasteiger partial charge in [-0.1, -0.05) is 0 Å². The number of aromatic nitrogens is 9. The summed E-state index contributed by atoms with van der Waals surface area (Å²) >= 11 is 0. The molecule has 3 N–H and O–H groups in total. The minimum atomic E-state index is 0.759. The first-order chi connectivity index (χ1) is 14.3. The smallest absolute Gasteiger partial charge is 0.147 e. The molecule has 0 spiro atoms. The second-order valence-corrected chi connectivity index (χ2v) is 6.85. The minimum Gasteiger partial charge on any atom is -0.353 e. The Bertz CT molecular complexity index is 1470. The zero-order valence-corrected chi connectivity index (χ0v) is 15.4. The molecule has 0 unspecified atom stereocenters. The molecule has 29 heavy (non-hydrogen) atoms. The third-order valence-corrected chi connectivity index (χ3v) is 4.94. The standard InChI is InChI=1S/C20H15N9/c1-11-9-29(10-22-11)20-13-6-17(25-15(13)4-5-21-20)19-18-16(27-28-19)3-2-14(26-18)12-7-23-24-8-12/h2-10,25H,1H3,(H,23,24)(H,27,28). The number of nitrogens with one attached hydrogen (secondary N) is 3. The van der Waals surface area contributed by atoms with Crippen molar-refractivity contribution >= 4 is 21.9 Å². The first-order valence-electron chi connectivity index (χ1n) is 9.09. The normalized spacial score (nSPS) is 11.6. The molecule has 0 aliphatic rings.